The van der Waals surface area contributed by atoms with Crippen LogP contribution in [0.2, 0.25) is 15.1 Å². The molecule has 0 fully saturated rings. The average Bonchev–Trinajstić information content (AvgIpc) is 3.02. The van der Waals surface area contributed by atoms with E-state index in [0.717, 1.165) is 5.56 Å². The largest absolute Gasteiger partial charge is 0.486 e. The molecular formula is C24H17Cl3N2O2. The van der Waals surface area contributed by atoms with Gasteiger partial charge in [0.1, 0.15) is 6.61 Å². The molecule has 1 amide bonds. The minimum atomic E-state index is -0.211. The molecule has 3 aromatic carbocycles. The predicted molar refractivity (Wildman–Crippen MR) is 127 cm³/mol. The molecule has 1 heterocycles. The number of para-hydroxylation sites is 1. The van der Waals surface area contributed by atoms with Crippen LogP contribution in [-0.4, -0.2) is 11.6 Å². The van der Waals surface area contributed by atoms with Gasteiger partial charge in [0.15, 0.2) is 5.75 Å². The molecule has 31 heavy (non-hydrogen) atoms. The van der Waals surface area contributed by atoms with Crippen LogP contribution >= 0.6 is 34.8 Å². The van der Waals surface area contributed by atoms with Gasteiger partial charge in [-0.2, -0.15) is 10.1 Å². The monoisotopic (exact) mass is 470 g/mol. The van der Waals surface area contributed by atoms with Gasteiger partial charge in [0, 0.05) is 5.02 Å². The molecule has 1 aliphatic rings. The molecule has 0 spiro atoms. The third-order valence-electron chi connectivity index (χ3n) is 4.67. The van der Waals surface area contributed by atoms with Gasteiger partial charge < -0.3 is 4.74 Å². The number of carbonyl (C=O) groups excluding carboxylic acids is 1. The van der Waals surface area contributed by atoms with Gasteiger partial charge in [-0.25, -0.2) is 0 Å². The number of anilines is 1. The molecule has 156 valence electrons. The van der Waals surface area contributed by atoms with E-state index < -0.39 is 0 Å². The number of hydrogen-bond donors (Lipinski definition) is 0. The molecular weight excluding hydrogens is 455 g/mol. The van der Waals surface area contributed by atoms with E-state index in [2.05, 4.69) is 5.10 Å². The first-order valence-corrected chi connectivity index (χ1v) is 10.6. The number of carbonyl (C=O) groups is 1. The SMILES string of the molecule is CC1=NN(c2ccccc2)C(=O)/C1=C/c1cc(Cl)c(OCc2cccc(Cl)c2)c(Cl)c1. The Balaban J connectivity index is 1.56. The van der Waals surface area contributed by atoms with Crippen LogP contribution in [0.3, 0.4) is 0 Å². The van der Waals surface area contributed by atoms with Crippen LogP contribution in [0, 0.1) is 0 Å². The minimum absolute atomic E-state index is 0.211. The number of rotatable bonds is 5. The summed E-state index contributed by atoms with van der Waals surface area (Å²) in [5, 5.41) is 7.09. The van der Waals surface area contributed by atoms with Crippen LogP contribution in [0.5, 0.6) is 5.75 Å². The van der Waals surface area contributed by atoms with E-state index in [9.17, 15) is 4.79 Å². The van der Waals surface area contributed by atoms with Gasteiger partial charge in [-0.1, -0.05) is 65.1 Å². The van der Waals surface area contributed by atoms with Crippen molar-refractivity contribution in [3.05, 3.63) is 98.5 Å². The van der Waals surface area contributed by atoms with Gasteiger partial charge in [0.25, 0.3) is 5.91 Å². The third kappa shape index (κ3) is 4.77. The molecule has 0 N–H and O–H groups in total. The summed E-state index contributed by atoms with van der Waals surface area (Å²) in [6.07, 6.45) is 1.72. The van der Waals surface area contributed by atoms with Crippen molar-refractivity contribution in [2.24, 2.45) is 5.10 Å². The maximum Gasteiger partial charge on any atom is 0.280 e. The zero-order valence-corrected chi connectivity index (χ0v) is 18.7. The van der Waals surface area contributed by atoms with Crippen molar-refractivity contribution in [2.75, 3.05) is 5.01 Å². The first kappa shape index (κ1) is 21.4. The summed E-state index contributed by atoms with van der Waals surface area (Å²) < 4.78 is 5.81. The number of ether oxygens (including phenoxy) is 1. The van der Waals surface area contributed by atoms with E-state index in [4.69, 9.17) is 39.5 Å². The minimum Gasteiger partial charge on any atom is -0.486 e. The highest BCUT2D eigenvalue weighted by atomic mass is 35.5. The molecule has 0 saturated carbocycles. The Hall–Kier alpha value is -2.79. The summed E-state index contributed by atoms with van der Waals surface area (Å²) in [6, 6.07) is 20.0. The Morgan fingerprint density at radius 3 is 2.35 bits per heavy atom. The molecule has 0 saturated heterocycles. The fourth-order valence-corrected chi connectivity index (χ4v) is 4.00. The molecule has 3 aromatic rings. The molecule has 0 aliphatic carbocycles. The molecule has 7 heteroatoms. The van der Waals surface area contributed by atoms with Crippen LogP contribution < -0.4 is 9.75 Å². The van der Waals surface area contributed by atoms with Crippen molar-refractivity contribution in [3.8, 4) is 5.75 Å². The van der Waals surface area contributed by atoms with Crippen LogP contribution in [0.4, 0.5) is 5.69 Å². The lowest BCUT2D eigenvalue weighted by Crippen LogP contribution is -2.21. The third-order valence-corrected chi connectivity index (χ3v) is 5.46. The fraction of sp³-hybridized carbons (Fsp3) is 0.0833. The Morgan fingerprint density at radius 1 is 0.968 bits per heavy atom. The van der Waals surface area contributed by atoms with Gasteiger partial charge in [0.05, 0.1) is 27.0 Å². The van der Waals surface area contributed by atoms with Crippen LogP contribution in [0.15, 0.2) is 77.4 Å². The van der Waals surface area contributed by atoms with E-state index >= 15 is 0 Å². The quantitative estimate of drug-likeness (QED) is 0.375. The lowest BCUT2D eigenvalue weighted by molar-refractivity contribution is -0.114. The van der Waals surface area contributed by atoms with E-state index in [0.29, 0.717) is 43.4 Å². The molecule has 4 rings (SSSR count). The number of benzene rings is 3. The highest BCUT2D eigenvalue weighted by molar-refractivity contribution is 6.37. The van der Waals surface area contributed by atoms with Gasteiger partial charge in [-0.15, -0.1) is 0 Å². The van der Waals surface area contributed by atoms with Crippen LogP contribution in [0.1, 0.15) is 18.1 Å². The normalized spacial score (nSPS) is 14.8. The fourth-order valence-electron chi connectivity index (χ4n) is 3.18. The maximum atomic E-state index is 12.9. The number of hydrazone groups is 1. The van der Waals surface area contributed by atoms with E-state index in [1.165, 1.54) is 5.01 Å². The number of amides is 1. The average molecular weight is 472 g/mol. The highest BCUT2D eigenvalue weighted by Gasteiger charge is 2.28. The zero-order valence-electron chi connectivity index (χ0n) is 16.5. The summed E-state index contributed by atoms with van der Waals surface area (Å²) in [7, 11) is 0. The molecule has 4 nitrogen and oxygen atoms in total. The Bertz CT molecular complexity index is 1180. The van der Waals surface area contributed by atoms with Gasteiger partial charge >= 0.3 is 0 Å². The molecule has 0 aromatic heterocycles. The second-order valence-corrected chi connectivity index (χ2v) is 8.18. The number of halogens is 3. The summed E-state index contributed by atoms with van der Waals surface area (Å²) in [4.78, 5) is 12.9. The first-order valence-electron chi connectivity index (χ1n) is 9.45. The van der Waals surface area contributed by atoms with Gasteiger partial charge in [-0.05, 0) is 60.5 Å². The summed E-state index contributed by atoms with van der Waals surface area (Å²) in [5.41, 5.74) is 3.37. The number of hydrogen-bond acceptors (Lipinski definition) is 3. The summed E-state index contributed by atoms with van der Waals surface area (Å²) in [5.74, 6) is 0.164. The van der Waals surface area contributed by atoms with Crippen molar-refractivity contribution in [3.63, 3.8) is 0 Å². The summed E-state index contributed by atoms with van der Waals surface area (Å²) >= 11 is 18.9. The molecule has 0 unspecified atom stereocenters. The lowest BCUT2D eigenvalue weighted by atomic mass is 10.1. The topological polar surface area (TPSA) is 41.9 Å². The smallest absolute Gasteiger partial charge is 0.280 e. The first-order chi connectivity index (χ1) is 14.9. The standard InChI is InChI=1S/C24H17Cl3N2O2/c1-15-20(24(30)29(28-15)19-8-3-2-4-9-19)11-17-12-21(26)23(22(27)13-17)31-14-16-6-5-7-18(25)10-16/h2-13H,14H2,1H3/b20-11+. The zero-order chi connectivity index (χ0) is 22.0. The van der Waals surface area contributed by atoms with Crippen molar-refractivity contribution in [1.82, 2.24) is 0 Å². The Morgan fingerprint density at radius 2 is 1.68 bits per heavy atom. The van der Waals surface area contributed by atoms with Crippen molar-refractivity contribution in [1.29, 1.82) is 0 Å². The Kier molecular flexibility index (Phi) is 6.33. The second kappa shape index (κ2) is 9.15. The molecule has 1 aliphatic heterocycles. The predicted octanol–water partition coefficient (Wildman–Crippen LogP) is 7.03. The lowest BCUT2D eigenvalue weighted by Gasteiger charge is -2.12. The van der Waals surface area contributed by atoms with Gasteiger partial charge in [0.2, 0.25) is 0 Å². The van der Waals surface area contributed by atoms with Gasteiger partial charge in [-0.3, -0.25) is 4.79 Å². The molecule has 0 bridgehead atoms. The van der Waals surface area contributed by atoms with Crippen molar-refractivity contribution < 1.29 is 9.53 Å². The van der Waals surface area contributed by atoms with E-state index in [-0.39, 0.29) is 12.5 Å². The van der Waals surface area contributed by atoms with E-state index in [1.807, 2.05) is 48.5 Å². The second-order valence-electron chi connectivity index (χ2n) is 6.93. The van der Waals surface area contributed by atoms with Crippen LogP contribution in [-0.2, 0) is 11.4 Å². The maximum absolute atomic E-state index is 12.9. The van der Waals surface area contributed by atoms with E-state index in [1.54, 1.807) is 31.2 Å². The number of nitrogens with zero attached hydrogens (tertiary/aromatic N) is 2. The van der Waals surface area contributed by atoms with Crippen molar-refractivity contribution >= 4 is 58.2 Å². The highest BCUT2D eigenvalue weighted by Crippen LogP contribution is 2.36. The Labute approximate surface area is 195 Å². The van der Waals surface area contributed by atoms with Crippen molar-refractivity contribution in [2.45, 2.75) is 13.5 Å². The molecule has 0 radical (unpaired) electrons. The molecule has 0 atom stereocenters. The summed E-state index contributed by atoms with van der Waals surface area (Å²) in [6.45, 7) is 2.06. The van der Waals surface area contributed by atoms with Crippen LogP contribution in [0.25, 0.3) is 6.08 Å².